The number of anilines is 1. The topological polar surface area (TPSA) is 90.0 Å². The molecule has 26 heavy (non-hydrogen) atoms. The minimum Gasteiger partial charge on any atom is -0.305 e. The van der Waals surface area contributed by atoms with E-state index in [9.17, 15) is 18.0 Å². The monoisotopic (exact) mass is 361 g/mol. The van der Waals surface area contributed by atoms with Gasteiger partial charge in [-0.3, -0.25) is 4.79 Å². The molecule has 1 N–H and O–H groups in total. The van der Waals surface area contributed by atoms with Crippen LogP contribution in [0, 0.1) is 0 Å². The Hall–Kier alpha value is -3.50. The third-order valence-electron chi connectivity index (χ3n) is 3.61. The molecule has 11 heteroatoms. The first-order valence-electron chi connectivity index (χ1n) is 7.40. The van der Waals surface area contributed by atoms with Crippen molar-refractivity contribution in [1.82, 2.24) is 29.4 Å². The van der Waals surface area contributed by atoms with E-state index in [-0.39, 0.29) is 5.82 Å². The lowest BCUT2D eigenvalue weighted by molar-refractivity contribution is -0.167. The van der Waals surface area contributed by atoms with E-state index in [2.05, 4.69) is 20.3 Å². The van der Waals surface area contributed by atoms with Crippen molar-refractivity contribution in [2.24, 2.45) is 0 Å². The van der Waals surface area contributed by atoms with Crippen molar-refractivity contribution >= 4 is 28.5 Å². The van der Waals surface area contributed by atoms with Crippen LogP contribution < -0.4 is 5.32 Å². The number of hydrogen-bond donors (Lipinski definition) is 1. The van der Waals surface area contributed by atoms with Gasteiger partial charge in [-0.2, -0.15) is 13.2 Å². The van der Waals surface area contributed by atoms with Gasteiger partial charge in [-0.05, 0) is 23.8 Å². The van der Waals surface area contributed by atoms with Gasteiger partial charge < -0.3 is 9.72 Å². The number of alkyl halides is 3. The number of aromatic nitrogens is 6. The fraction of sp³-hybridized carbons (Fsp3) is 0.133. The lowest BCUT2D eigenvalue weighted by Crippen LogP contribution is -2.30. The van der Waals surface area contributed by atoms with Crippen molar-refractivity contribution in [2.75, 3.05) is 5.32 Å². The van der Waals surface area contributed by atoms with E-state index in [1.807, 2.05) is 0 Å². The van der Waals surface area contributed by atoms with Gasteiger partial charge in [-0.1, -0.05) is 11.3 Å². The zero-order chi connectivity index (χ0) is 18.3. The van der Waals surface area contributed by atoms with Crippen molar-refractivity contribution in [1.29, 1.82) is 0 Å². The first kappa shape index (κ1) is 16.0. The van der Waals surface area contributed by atoms with Crippen LogP contribution in [0.25, 0.3) is 16.8 Å². The van der Waals surface area contributed by atoms with Gasteiger partial charge in [0, 0.05) is 12.4 Å². The summed E-state index contributed by atoms with van der Waals surface area (Å²) in [4.78, 5) is 19.2. The van der Waals surface area contributed by atoms with E-state index in [0.717, 1.165) is 5.56 Å². The van der Waals surface area contributed by atoms with Crippen molar-refractivity contribution < 1.29 is 18.0 Å². The first-order valence-corrected chi connectivity index (χ1v) is 7.40. The first-order chi connectivity index (χ1) is 12.4. The molecule has 0 aliphatic heterocycles. The van der Waals surface area contributed by atoms with Crippen LogP contribution in [-0.2, 0) is 11.3 Å². The Morgan fingerprint density at radius 1 is 1.19 bits per heavy atom. The van der Waals surface area contributed by atoms with Crippen molar-refractivity contribution in [2.45, 2.75) is 12.7 Å². The number of pyridine rings is 2. The van der Waals surface area contributed by atoms with Gasteiger partial charge in [0.05, 0.1) is 12.7 Å². The van der Waals surface area contributed by atoms with E-state index in [4.69, 9.17) is 0 Å². The minimum atomic E-state index is -4.97. The van der Waals surface area contributed by atoms with Gasteiger partial charge in [0.25, 0.3) is 0 Å². The van der Waals surface area contributed by atoms with Crippen LogP contribution in [0.5, 0.6) is 0 Å². The summed E-state index contributed by atoms with van der Waals surface area (Å²) >= 11 is 0. The van der Waals surface area contributed by atoms with Crippen molar-refractivity contribution in [3.05, 3.63) is 48.4 Å². The van der Waals surface area contributed by atoms with Gasteiger partial charge in [0.15, 0.2) is 11.5 Å². The van der Waals surface area contributed by atoms with Gasteiger partial charge in [0.2, 0.25) is 0 Å². The summed E-state index contributed by atoms with van der Waals surface area (Å²) in [7, 11) is 0. The standard InChI is InChI=1S/C15H10F3N7O/c16-15(17,18)14(26)21-11-8-24-6-9(3-4-12(24)20-11)7-25-13-10(22-23-25)2-1-5-19-13/h1-6,8H,7H2,(H,21,26). The Bertz CT molecular complexity index is 1120. The molecule has 0 aliphatic carbocycles. The van der Waals surface area contributed by atoms with E-state index in [1.54, 1.807) is 46.7 Å². The van der Waals surface area contributed by atoms with E-state index < -0.39 is 12.1 Å². The molecular formula is C15H10F3N7O. The predicted molar refractivity (Wildman–Crippen MR) is 84.3 cm³/mol. The maximum Gasteiger partial charge on any atom is 0.471 e. The number of fused-ring (bicyclic) bond motifs is 2. The summed E-state index contributed by atoms with van der Waals surface area (Å²) in [6, 6.07) is 6.94. The van der Waals surface area contributed by atoms with Crippen LogP contribution in [0.4, 0.5) is 19.0 Å². The Balaban J connectivity index is 1.60. The second-order valence-corrected chi connectivity index (χ2v) is 5.47. The number of nitrogens with zero attached hydrogens (tertiary/aromatic N) is 6. The molecular weight excluding hydrogens is 351 g/mol. The predicted octanol–water partition coefficient (Wildman–Crippen LogP) is 2.02. The molecule has 0 aromatic carbocycles. The molecule has 0 spiro atoms. The Morgan fingerprint density at radius 3 is 2.85 bits per heavy atom. The average Bonchev–Trinajstić information content (AvgIpc) is 3.17. The van der Waals surface area contributed by atoms with Crippen molar-refractivity contribution in [3.63, 3.8) is 0 Å². The van der Waals surface area contributed by atoms with Gasteiger partial charge >= 0.3 is 12.1 Å². The molecule has 0 atom stereocenters. The Kier molecular flexibility index (Phi) is 3.56. The molecule has 0 unspecified atom stereocenters. The summed E-state index contributed by atoms with van der Waals surface area (Å²) in [5.74, 6) is -2.25. The zero-order valence-electron chi connectivity index (χ0n) is 13.0. The highest BCUT2D eigenvalue weighted by Gasteiger charge is 2.39. The molecule has 4 heterocycles. The molecule has 1 amide bonds. The highest BCUT2D eigenvalue weighted by molar-refractivity contribution is 5.94. The number of hydrogen-bond acceptors (Lipinski definition) is 5. The fourth-order valence-corrected chi connectivity index (χ4v) is 2.47. The van der Waals surface area contributed by atoms with Crippen LogP contribution in [0.2, 0.25) is 0 Å². The van der Waals surface area contributed by atoms with Gasteiger partial charge in [-0.25, -0.2) is 14.6 Å². The normalized spacial score (nSPS) is 12.0. The number of rotatable bonds is 3. The molecule has 4 aromatic heterocycles. The van der Waals surface area contributed by atoms with Crippen LogP contribution >= 0.6 is 0 Å². The zero-order valence-corrected chi connectivity index (χ0v) is 13.0. The Morgan fingerprint density at radius 2 is 2.04 bits per heavy atom. The maximum absolute atomic E-state index is 12.3. The number of carbonyl (C=O) groups excluding carboxylic acids is 1. The van der Waals surface area contributed by atoms with Crippen LogP contribution in [0.15, 0.2) is 42.9 Å². The number of nitrogens with one attached hydrogen (secondary N) is 1. The number of amides is 1. The highest BCUT2D eigenvalue weighted by atomic mass is 19.4. The van der Waals surface area contributed by atoms with Crippen molar-refractivity contribution in [3.8, 4) is 0 Å². The third-order valence-corrected chi connectivity index (χ3v) is 3.61. The van der Waals surface area contributed by atoms with E-state index in [0.29, 0.717) is 23.4 Å². The second-order valence-electron chi connectivity index (χ2n) is 5.47. The summed E-state index contributed by atoms with van der Waals surface area (Å²) < 4.78 is 40.1. The second kappa shape index (κ2) is 5.79. The smallest absolute Gasteiger partial charge is 0.305 e. The van der Waals surface area contributed by atoms with Gasteiger partial charge in [0.1, 0.15) is 11.2 Å². The average molecular weight is 361 g/mol. The lowest BCUT2D eigenvalue weighted by Gasteiger charge is -2.04. The fourth-order valence-electron chi connectivity index (χ4n) is 2.47. The molecule has 4 aromatic rings. The highest BCUT2D eigenvalue weighted by Crippen LogP contribution is 2.19. The molecule has 4 rings (SSSR count). The summed E-state index contributed by atoms with van der Waals surface area (Å²) in [6.07, 6.45) is -0.346. The van der Waals surface area contributed by atoms with Crippen LogP contribution in [0.1, 0.15) is 5.56 Å². The lowest BCUT2D eigenvalue weighted by atomic mass is 10.3. The quantitative estimate of drug-likeness (QED) is 0.603. The summed E-state index contributed by atoms with van der Waals surface area (Å²) in [6.45, 7) is 0.367. The molecule has 0 aliphatic rings. The number of carbonyl (C=O) groups is 1. The summed E-state index contributed by atoms with van der Waals surface area (Å²) in [5.41, 5.74) is 2.48. The van der Waals surface area contributed by atoms with Gasteiger partial charge in [-0.15, -0.1) is 5.10 Å². The number of halogens is 3. The third kappa shape index (κ3) is 2.94. The van der Waals surface area contributed by atoms with Crippen LogP contribution in [-0.4, -0.2) is 41.4 Å². The minimum absolute atomic E-state index is 0.183. The Labute approximate surface area is 143 Å². The molecule has 0 saturated heterocycles. The van der Waals surface area contributed by atoms with E-state index >= 15 is 0 Å². The molecule has 132 valence electrons. The van der Waals surface area contributed by atoms with E-state index in [1.165, 1.54) is 10.6 Å². The molecule has 0 fully saturated rings. The SMILES string of the molecule is O=C(Nc1cn2cc(Cn3nnc4cccnc43)ccc2n1)C(F)(F)F. The van der Waals surface area contributed by atoms with Crippen LogP contribution in [0.3, 0.4) is 0 Å². The summed E-state index contributed by atoms with van der Waals surface area (Å²) in [5, 5.41) is 9.78. The largest absolute Gasteiger partial charge is 0.471 e. The molecule has 0 radical (unpaired) electrons. The molecule has 8 nitrogen and oxygen atoms in total. The maximum atomic E-state index is 12.3. The molecule has 0 bridgehead atoms. The molecule has 0 saturated carbocycles. The number of imidazole rings is 1.